The van der Waals surface area contributed by atoms with E-state index in [1.165, 1.54) is 0 Å². The second-order valence-electron chi connectivity index (χ2n) is 5.15. The summed E-state index contributed by atoms with van der Waals surface area (Å²) in [5.74, 6) is 1.03. The molecule has 3 aromatic rings. The molecule has 3 rings (SSSR count). The van der Waals surface area contributed by atoms with Gasteiger partial charge in [-0.25, -0.2) is 0 Å². The van der Waals surface area contributed by atoms with Crippen LogP contribution in [0.15, 0.2) is 46.9 Å². The normalized spacial score (nSPS) is 10.8. The van der Waals surface area contributed by atoms with Gasteiger partial charge >= 0.3 is 0 Å². The molecule has 0 spiro atoms. The van der Waals surface area contributed by atoms with Gasteiger partial charge < -0.3 is 19.8 Å². The van der Waals surface area contributed by atoms with Crippen molar-refractivity contribution in [2.45, 2.75) is 6.54 Å². The largest absolute Gasteiger partial charge is 0.495 e. The van der Waals surface area contributed by atoms with Gasteiger partial charge in [-0.05, 0) is 36.4 Å². The maximum absolute atomic E-state index is 7.89. The SMILES string of the molecule is COc1ccc(Cl)cc1N(Cc1cc2c(Cl)cccc2o1)C(=N)N. The Morgan fingerprint density at radius 1 is 1.25 bits per heavy atom. The number of halogens is 2. The molecule has 5 nitrogen and oxygen atoms in total. The van der Waals surface area contributed by atoms with Gasteiger partial charge in [0.25, 0.3) is 0 Å². The Hall–Kier alpha value is -2.37. The fourth-order valence-corrected chi connectivity index (χ4v) is 2.87. The number of nitrogens with one attached hydrogen (secondary N) is 1. The van der Waals surface area contributed by atoms with E-state index in [2.05, 4.69) is 0 Å². The van der Waals surface area contributed by atoms with Crippen LogP contribution in [0.25, 0.3) is 11.0 Å². The number of anilines is 1. The van der Waals surface area contributed by atoms with Crippen LogP contribution in [0, 0.1) is 5.41 Å². The van der Waals surface area contributed by atoms with Crippen LogP contribution in [-0.2, 0) is 6.54 Å². The summed E-state index contributed by atoms with van der Waals surface area (Å²) in [6.45, 7) is 0.247. The van der Waals surface area contributed by atoms with Crippen LogP contribution in [0.4, 0.5) is 5.69 Å². The van der Waals surface area contributed by atoms with E-state index in [1.807, 2.05) is 18.2 Å². The molecule has 0 aliphatic heterocycles. The summed E-state index contributed by atoms with van der Waals surface area (Å²) in [6.07, 6.45) is 0. The first-order valence-electron chi connectivity index (χ1n) is 7.11. The molecule has 0 saturated heterocycles. The Morgan fingerprint density at radius 3 is 2.71 bits per heavy atom. The van der Waals surface area contributed by atoms with Crippen LogP contribution in [0.3, 0.4) is 0 Å². The van der Waals surface area contributed by atoms with E-state index in [-0.39, 0.29) is 12.5 Å². The maximum Gasteiger partial charge on any atom is 0.193 e. The fraction of sp³-hybridized carbons (Fsp3) is 0.118. The van der Waals surface area contributed by atoms with Crippen LogP contribution < -0.4 is 15.4 Å². The quantitative estimate of drug-likeness (QED) is 0.522. The molecule has 0 saturated carbocycles. The second-order valence-corrected chi connectivity index (χ2v) is 6.00. The van der Waals surface area contributed by atoms with Gasteiger partial charge in [0.05, 0.1) is 24.4 Å². The zero-order chi connectivity index (χ0) is 17.3. The maximum atomic E-state index is 7.89. The molecule has 0 unspecified atom stereocenters. The number of ether oxygens (including phenoxy) is 1. The molecule has 0 radical (unpaired) electrons. The third-order valence-electron chi connectivity index (χ3n) is 3.60. The minimum Gasteiger partial charge on any atom is -0.495 e. The molecule has 0 amide bonds. The summed E-state index contributed by atoms with van der Waals surface area (Å²) in [7, 11) is 1.55. The molecule has 3 N–H and O–H groups in total. The topological polar surface area (TPSA) is 75.5 Å². The van der Waals surface area contributed by atoms with E-state index in [4.69, 9.17) is 43.5 Å². The van der Waals surface area contributed by atoms with Gasteiger partial charge in [0.2, 0.25) is 0 Å². The summed E-state index contributed by atoms with van der Waals surface area (Å²) in [6, 6.07) is 12.4. The van der Waals surface area contributed by atoms with Gasteiger partial charge in [-0.3, -0.25) is 5.41 Å². The number of hydrogen-bond donors (Lipinski definition) is 2. The van der Waals surface area contributed by atoms with Crippen LogP contribution in [-0.4, -0.2) is 13.1 Å². The second kappa shape index (κ2) is 6.63. The molecular formula is C17H15Cl2N3O2. The molecule has 24 heavy (non-hydrogen) atoms. The number of nitrogens with two attached hydrogens (primary N) is 1. The lowest BCUT2D eigenvalue weighted by Gasteiger charge is -2.23. The smallest absolute Gasteiger partial charge is 0.193 e. The number of nitrogens with zero attached hydrogens (tertiary/aromatic N) is 1. The molecular weight excluding hydrogens is 349 g/mol. The molecule has 1 aromatic heterocycles. The Kier molecular flexibility index (Phi) is 4.55. The minimum absolute atomic E-state index is 0.151. The van der Waals surface area contributed by atoms with Crippen molar-refractivity contribution in [2.75, 3.05) is 12.0 Å². The van der Waals surface area contributed by atoms with E-state index in [9.17, 15) is 0 Å². The number of benzene rings is 2. The van der Waals surface area contributed by atoms with Crippen molar-refractivity contribution >= 4 is 45.8 Å². The lowest BCUT2D eigenvalue weighted by Crippen LogP contribution is -2.36. The summed E-state index contributed by atoms with van der Waals surface area (Å²) in [5, 5.41) is 9.84. The van der Waals surface area contributed by atoms with Crippen LogP contribution in [0.5, 0.6) is 5.75 Å². The summed E-state index contributed by atoms with van der Waals surface area (Å²) in [4.78, 5) is 1.55. The summed E-state index contributed by atoms with van der Waals surface area (Å²) in [5.41, 5.74) is 7.02. The number of hydrogen-bond acceptors (Lipinski definition) is 3. The predicted molar refractivity (Wildman–Crippen MR) is 97.3 cm³/mol. The third kappa shape index (κ3) is 3.13. The molecule has 0 bridgehead atoms. The van der Waals surface area contributed by atoms with E-state index in [1.54, 1.807) is 36.3 Å². The van der Waals surface area contributed by atoms with E-state index in [0.717, 1.165) is 5.39 Å². The Balaban J connectivity index is 2.01. The van der Waals surface area contributed by atoms with E-state index >= 15 is 0 Å². The number of methoxy groups -OCH3 is 1. The first kappa shape index (κ1) is 16.5. The van der Waals surface area contributed by atoms with Gasteiger partial charge in [-0.1, -0.05) is 29.3 Å². The fourth-order valence-electron chi connectivity index (χ4n) is 2.49. The zero-order valence-corrected chi connectivity index (χ0v) is 14.4. The van der Waals surface area contributed by atoms with Crippen molar-refractivity contribution in [1.82, 2.24) is 0 Å². The van der Waals surface area contributed by atoms with Gasteiger partial charge in [0, 0.05) is 10.4 Å². The summed E-state index contributed by atoms with van der Waals surface area (Å²) < 4.78 is 11.1. The lowest BCUT2D eigenvalue weighted by molar-refractivity contribution is 0.415. The van der Waals surface area contributed by atoms with Gasteiger partial charge in [-0.2, -0.15) is 0 Å². The minimum atomic E-state index is -0.151. The first-order chi connectivity index (χ1) is 11.5. The van der Waals surface area contributed by atoms with Gasteiger partial charge in [-0.15, -0.1) is 0 Å². The van der Waals surface area contributed by atoms with E-state index in [0.29, 0.717) is 32.8 Å². The van der Waals surface area contributed by atoms with Gasteiger partial charge in [0.1, 0.15) is 17.1 Å². The standard InChI is InChI=1S/C17H15Cl2N3O2/c1-23-16-6-5-10(18)7-14(16)22(17(20)21)9-11-8-12-13(19)3-2-4-15(12)24-11/h2-8H,9H2,1H3,(H3,20,21). The number of rotatable bonds is 4. The first-order valence-corrected chi connectivity index (χ1v) is 7.87. The van der Waals surface area contributed by atoms with Crippen LogP contribution in [0.2, 0.25) is 10.0 Å². The molecule has 124 valence electrons. The number of fused-ring (bicyclic) bond motifs is 1. The number of furan rings is 1. The summed E-state index contributed by atoms with van der Waals surface area (Å²) >= 11 is 12.3. The van der Waals surface area contributed by atoms with Crippen molar-refractivity contribution in [2.24, 2.45) is 5.73 Å². The van der Waals surface area contributed by atoms with E-state index < -0.39 is 0 Å². The average molecular weight is 364 g/mol. The average Bonchev–Trinajstić information content (AvgIpc) is 2.96. The molecule has 0 aliphatic rings. The van der Waals surface area contributed by atoms with Crippen molar-refractivity contribution in [1.29, 1.82) is 5.41 Å². The van der Waals surface area contributed by atoms with Crippen molar-refractivity contribution in [3.63, 3.8) is 0 Å². The lowest BCUT2D eigenvalue weighted by atomic mass is 10.2. The number of guanidine groups is 1. The molecule has 7 heteroatoms. The molecule has 0 fully saturated rings. The highest BCUT2D eigenvalue weighted by molar-refractivity contribution is 6.35. The van der Waals surface area contributed by atoms with Crippen molar-refractivity contribution in [3.05, 3.63) is 58.3 Å². The van der Waals surface area contributed by atoms with Crippen molar-refractivity contribution < 1.29 is 9.15 Å². The molecule has 0 atom stereocenters. The van der Waals surface area contributed by atoms with Crippen LogP contribution in [0.1, 0.15) is 5.76 Å². The molecule has 0 aliphatic carbocycles. The Bertz CT molecular complexity index is 908. The highest BCUT2D eigenvalue weighted by Crippen LogP contribution is 2.33. The Morgan fingerprint density at radius 2 is 2.04 bits per heavy atom. The highest BCUT2D eigenvalue weighted by Gasteiger charge is 2.18. The highest BCUT2D eigenvalue weighted by atomic mass is 35.5. The molecule has 1 heterocycles. The van der Waals surface area contributed by atoms with Gasteiger partial charge in [0.15, 0.2) is 5.96 Å². The van der Waals surface area contributed by atoms with Crippen LogP contribution >= 0.6 is 23.2 Å². The third-order valence-corrected chi connectivity index (χ3v) is 4.16. The monoisotopic (exact) mass is 363 g/mol. The van der Waals surface area contributed by atoms with Crippen molar-refractivity contribution in [3.8, 4) is 5.75 Å². The predicted octanol–water partition coefficient (Wildman–Crippen LogP) is 4.65. The Labute approximate surface area is 149 Å². The zero-order valence-electron chi connectivity index (χ0n) is 12.8. The molecule has 2 aromatic carbocycles.